The van der Waals surface area contributed by atoms with Gasteiger partial charge in [0, 0.05) is 31.0 Å². The summed E-state index contributed by atoms with van der Waals surface area (Å²) in [6, 6.07) is 12.7. The third-order valence-electron chi connectivity index (χ3n) is 4.56. The van der Waals surface area contributed by atoms with E-state index in [4.69, 9.17) is 17.0 Å². The number of aromatic nitrogens is 1. The van der Waals surface area contributed by atoms with Gasteiger partial charge in [-0.15, -0.1) is 0 Å². The normalized spacial score (nSPS) is 16.8. The predicted molar refractivity (Wildman–Crippen MR) is 96.7 cm³/mol. The molecule has 0 saturated carbocycles. The molecular formula is C18H23N3OS. The highest BCUT2D eigenvalue weighted by atomic mass is 32.1. The van der Waals surface area contributed by atoms with Crippen LogP contribution in [0.15, 0.2) is 36.4 Å². The lowest BCUT2D eigenvalue weighted by molar-refractivity contribution is 0.267. The average molecular weight is 329 g/mol. The number of hydrogen-bond acceptors (Lipinski definition) is 2. The Morgan fingerprint density at radius 1 is 1.22 bits per heavy atom. The maximum atomic E-state index is 5.62. The Morgan fingerprint density at radius 2 is 1.96 bits per heavy atom. The molecule has 1 aromatic carbocycles. The zero-order valence-electron chi connectivity index (χ0n) is 13.9. The Hall–Kier alpha value is -2.01. The van der Waals surface area contributed by atoms with Crippen LogP contribution < -0.4 is 10.1 Å². The number of fused-ring (bicyclic) bond motifs is 1. The van der Waals surface area contributed by atoms with E-state index < -0.39 is 0 Å². The molecule has 0 unspecified atom stereocenters. The lowest BCUT2D eigenvalue weighted by atomic mass is 10.1. The topological polar surface area (TPSA) is 29.4 Å². The van der Waals surface area contributed by atoms with Gasteiger partial charge in [0.1, 0.15) is 5.75 Å². The van der Waals surface area contributed by atoms with Crippen LogP contribution in [0.2, 0.25) is 0 Å². The fourth-order valence-corrected chi connectivity index (χ4v) is 3.44. The van der Waals surface area contributed by atoms with Crippen LogP contribution in [-0.4, -0.2) is 28.2 Å². The SMILES string of the molecule is COc1ccc(CNC(=S)N2CCn3c(C)ccc3[C@@H]2C)cc1. The molecule has 4 nitrogen and oxygen atoms in total. The minimum absolute atomic E-state index is 0.299. The van der Waals surface area contributed by atoms with Crippen LogP contribution >= 0.6 is 12.2 Å². The smallest absolute Gasteiger partial charge is 0.169 e. The number of benzene rings is 1. The van der Waals surface area contributed by atoms with Crippen molar-refractivity contribution in [2.45, 2.75) is 33.0 Å². The van der Waals surface area contributed by atoms with E-state index >= 15 is 0 Å². The molecule has 0 bridgehead atoms. The fraction of sp³-hybridized carbons (Fsp3) is 0.389. The summed E-state index contributed by atoms with van der Waals surface area (Å²) in [6.07, 6.45) is 0. The first-order valence-corrected chi connectivity index (χ1v) is 8.34. The largest absolute Gasteiger partial charge is 0.497 e. The van der Waals surface area contributed by atoms with Crippen LogP contribution in [0.1, 0.15) is 29.9 Å². The number of methoxy groups -OCH3 is 1. The molecule has 5 heteroatoms. The zero-order chi connectivity index (χ0) is 16.4. The van der Waals surface area contributed by atoms with Gasteiger partial charge in [-0.2, -0.15) is 0 Å². The van der Waals surface area contributed by atoms with Gasteiger partial charge >= 0.3 is 0 Å². The molecule has 2 heterocycles. The third kappa shape index (κ3) is 3.20. The lowest BCUT2D eigenvalue weighted by Crippen LogP contribution is -2.45. The molecule has 0 aliphatic carbocycles. The van der Waals surface area contributed by atoms with Crippen molar-refractivity contribution < 1.29 is 4.74 Å². The molecular weight excluding hydrogens is 306 g/mol. The van der Waals surface area contributed by atoms with Crippen molar-refractivity contribution in [1.29, 1.82) is 0 Å². The number of nitrogens with one attached hydrogen (secondary N) is 1. The van der Waals surface area contributed by atoms with Gasteiger partial charge in [0.05, 0.1) is 13.2 Å². The minimum Gasteiger partial charge on any atom is -0.497 e. The zero-order valence-corrected chi connectivity index (χ0v) is 14.7. The number of hydrogen-bond donors (Lipinski definition) is 1. The van der Waals surface area contributed by atoms with Gasteiger partial charge in [-0.1, -0.05) is 12.1 Å². The number of ether oxygens (including phenoxy) is 1. The molecule has 1 aliphatic heterocycles. The van der Waals surface area contributed by atoms with E-state index in [1.165, 1.54) is 17.0 Å². The third-order valence-corrected chi connectivity index (χ3v) is 4.94. The van der Waals surface area contributed by atoms with E-state index in [-0.39, 0.29) is 0 Å². The van der Waals surface area contributed by atoms with Gasteiger partial charge in [0.25, 0.3) is 0 Å². The number of rotatable bonds is 3. The Morgan fingerprint density at radius 3 is 2.65 bits per heavy atom. The van der Waals surface area contributed by atoms with Crippen LogP contribution in [0.25, 0.3) is 0 Å². The van der Waals surface area contributed by atoms with Crippen molar-refractivity contribution in [3.8, 4) is 5.75 Å². The Balaban J connectivity index is 1.62. The van der Waals surface area contributed by atoms with Crippen molar-refractivity contribution in [3.63, 3.8) is 0 Å². The maximum Gasteiger partial charge on any atom is 0.169 e. The van der Waals surface area contributed by atoms with Crippen molar-refractivity contribution in [2.75, 3.05) is 13.7 Å². The van der Waals surface area contributed by atoms with Gasteiger partial charge in [0.15, 0.2) is 5.11 Å². The summed E-state index contributed by atoms with van der Waals surface area (Å²) in [7, 11) is 1.68. The Kier molecular flexibility index (Phi) is 4.57. The van der Waals surface area contributed by atoms with Gasteiger partial charge in [-0.3, -0.25) is 0 Å². The fourth-order valence-electron chi connectivity index (χ4n) is 3.12. The number of thiocarbonyl (C=S) groups is 1. The first-order chi connectivity index (χ1) is 11.1. The average Bonchev–Trinajstić information content (AvgIpc) is 2.95. The molecule has 1 aliphatic rings. The summed E-state index contributed by atoms with van der Waals surface area (Å²) < 4.78 is 7.56. The summed E-state index contributed by atoms with van der Waals surface area (Å²) in [4.78, 5) is 2.27. The number of nitrogens with zero attached hydrogens (tertiary/aromatic N) is 2. The van der Waals surface area contributed by atoms with Crippen LogP contribution in [0.3, 0.4) is 0 Å². The second kappa shape index (κ2) is 6.62. The van der Waals surface area contributed by atoms with E-state index in [1.807, 2.05) is 12.1 Å². The molecule has 1 N–H and O–H groups in total. The van der Waals surface area contributed by atoms with E-state index in [2.05, 4.69) is 52.9 Å². The van der Waals surface area contributed by atoms with Crippen molar-refractivity contribution in [1.82, 2.24) is 14.8 Å². The second-order valence-electron chi connectivity index (χ2n) is 5.93. The molecule has 0 amide bonds. The summed E-state index contributed by atoms with van der Waals surface area (Å²) >= 11 is 5.62. The van der Waals surface area contributed by atoms with Crippen LogP contribution in [-0.2, 0) is 13.1 Å². The van der Waals surface area contributed by atoms with Gasteiger partial charge in [-0.25, -0.2) is 0 Å². The van der Waals surface area contributed by atoms with Crippen LogP contribution in [0.4, 0.5) is 0 Å². The Bertz CT molecular complexity index is 693. The van der Waals surface area contributed by atoms with E-state index in [1.54, 1.807) is 7.11 Å². The Labute approximate surface area is 143 Å². The second-order valence-corrected chi connectivity index (χ2v) is 6.31. The molecule has 0 fully saturated rings. The molecule has 1 atom stereocenters. The first kappa shape index (κ1) is 15.9. The predicted octanol–water partition coefficient (Wildman–Crippen LogP) is 3.26. The van der Waals surface area contributed by atoms with Gasteiger partial charge in [0.2, 0.25) is 0 Å². The molecule has 1 aromatic heterocycles. The van der Waals surface area contributed by atoms with Crippen molar-refractivity contribution >= 4 is 17.3 Å². The van der Waals surface area contributed by atoms with E-state index in [0.29, 0.717) is 6.04 Å². The van der Waals surface area contributed by atoms with E-state index in [0.717, 1.165) is 30.5 Å². The number of aryl methyl sites for hydroxylation is 1. The standard InChI is InChI=1S/C18H23N3OS/c1-13-4-9-17-14(2)21(11-10-20(13)17)18(23)19-12-15-5-7-16(22-3)8-6-15/h4-9,14H,10-12H2,1-3H3,(H,19,23)/t14-/m0/s1. The van der Waals surface area contributed by atoms with E-state index in [9.17, 15) is 0 Å². The minimum atomic E-state index is 0.299. The van der Waals surface area contributed by atoms with Crippen LogP contribution in [0, 0.1) is 6.92 Å². The molecule has 2 aromatic rings. The highest BCUT2D eigenvalue weighted by molar-refractivity contribution is 7.80. The first-order valence-electron chi connectivity index (χ1n) is 7.93. The summed E-state index contributed by atoms with van der Waals surface area (Å²) in [5.41, 5.74) is 3.85. The quantitative estimate of drug-likeness (QED) is 0.876. The molecule has 0 radical (unpaired) electrons. The van der Waals surface area contributed by atoms with Crippen molar-refractivity contribution in [2.24, 2.45) is 0 Å². The maximum absolute atomic E-state index is 5.62. The molecule has 122 valence electrons. The molecule has 0 spiro atoms. The highest BCUT2D eigenvalue weighted by Crippen LogP contribution is 2.27. The summed E-state index contributed by atoms with van der Waals surface area (Å²) in [5.74, 6) is 0.872. The summed E-state index contributed by atoms with van der Waals surface area (Å²) in [5, 5.41) is 4.20. The summed E-state index contributed by atoms with van der Waals surface area (Å²) in [6.45, 7) is 7.03. The van der Waals surface area contributed by atoms with Crippen LogP contribution in [0.5, 0.6) is 5.75 Å². The monoisotopic (exact) mass is 329 g/mol. The lowest BCUT2D eigenvalue weighted by Gasteiger charge is -2.37. The molecule has 23 heavy (non-hydrogen) atoms. The van der Waals surface area contributed by atoms with Crippen molar-refractivity contribution in [3.05, 3.63) is 53.3 Å². The highest BCUT2D eigenvalue weighted by Gasteiger charge is 2.26. The molecule has 0 saturated heterocycles. The van der Waals surface area contributed by atoms with Gasteiger partial charge in [-0.05, 0) is 55.9 Å². The molecule has 3 rings (SSSR count). The van der Waals surface area contributed by atoms with Gasteiger partial charge < -0.3 is 19.5 Å².